The third-order valence-electron chi connectivity index (χ3n) is 8.73. The highest BCUT2D eigenvalue weighted by Gasteiger charge is 2.32. The summed E-state index contributed by atoms with van der Waals surface area (Å²) in [6.07, 6.45) is 3.00. The molecule has 0 spiro atoms. The maximum Gasteiger partial charge on any atom is 0.326 e. The van der Waals surface area contributed by atoms with Gasteiger partial charge in [-0.1, -0.05) is 59.6 Å². The van der Waals surface area contributed by atoms with Gasteiger partial charge in [-0.2, -0.15) is 10.2 Å². The van der Waals surface area contributed by atoms with E-state index in [1.807, 2.05) is 54.6 Å². The second-order valence-corrected chi connectivity index (χ2v) is 14.1. The summed E-state index contributed by atoms with van der Waals surface area (Å²) in [6, 6.07) is 20.3. The van der Waals surface area contributed by atoms with Crippen molar-refractivity contribution < 1.29 is 29.2 Å². The Labute approximate surface area is 335 Å². The number of halogens is 3. The van der Waals surface area contributed by atoms with Crippen LogP contribution in [0.4, 0.5) is 0 Å². The number of nitriles is 1. The molecule has 0 bridgehead atoms. The number of nitrogens with zero attached hydrogens (tertiary/aromatic N) is 5. The zero-order valence-electron chi connectivity index (χ0n) is 29.6. The van der Waals surface area contributed by atoms with Gasteiger partial charge in [0.15, 0.2) is 0 Å². The van der Waals surface area contributed by atoms with Crippen molar-refractivity contribution in [1.82, 2.24) is 25.6 Å². The van der Waals surface area contributed by atoms with Crippen LogP contribution in [0, 0.1) is 11.3 Å². The molecule has 1 aliphatic heterocycles. The van der Waals surface area contributed by atoms with Gasteiger partial charge in [0.05, 0.1) is 51.6 Å². The van der Waals surface area contributed by atoms with Gasteiger partial charge >= 0.3 is 5.97 Å². The number of carbonyl (C=O) groups is 1. The van der Waals surface area contributed by atoms with Crippen LogP contribution in [0.5, 0.6) is 17.6 Å². The Morgan fingerprint density at radius 1 is 0.964 bits per heavy atom. The quantitative estimate of drug-likeness (QED) is 0.0889. The van der Waals surface area contributed by atoms with Gasteiger partial charge in [0.25, 0.3) is 0 Å². The molecule has 1 atom stereocenters. The summed E-state index contributed by atoms with van der Waals surface area (Å²) < 4.78 is 18.3. The maximum atomic E-state index is 11.8. The predicted molar refractivity (Wildman–Crippen MR) is 211 cm³/mol. The van der Waals surface area contributed by atoms with Crippen molar-refractivity contribution >= 4 is 50.9 Å². The molecule has 13 nitrogen and oxygen atoms in total. The summed E-state index contributed by atoms with van der Waals surface area (Å²) in [7, 11) is 1.56. The normalized spacial score (nSPS) is 13.3. The standard InChI is InChI=1S/C39H34BrCl2N7O6/c1-39(21-50,38(51)52)47-18-25-14-30(40)37(49-35(25)54-19-23-13-22(15-43)16-44-17-23)55-20-24-5-3-6-26(32(24)41)27-7-4-8-28(33(27)42)31-10-9-29(36(48-31)53-2)34-45-11-12-46-34/h3-10,13-14,16-17,47,50H,11-12,18-21H2,1-2H3,(H,45,46)(H,51,52)/t39-/m0/s1. The molecule has 6 rings (SSSR count). The summed E-state index contributed by atoms with van der Waals surface area (Å²) in [5, 5.41) is 35.7. The van der Waals surface area contributed by atoms with Gasteiger partial charge in [-0.05, 0) is 47.1 Å². The number of ether oxygens (including phenoxy) is 3. The van der Waals surface area contributed by atoms with E-state index in [0.717, 1.165) is 17.9 Å². The molecule has 4 heterocycles. The van der Waals surface area contributed by atoms with E-state index in [2.05, 4.69) is 41.5 Å². The monoisotopic (exact) mass is 845 g/mol. The number of rotatable bonds is 15. The van der Waals surface area contributed by atoms with Crippen LogP contribution in [0.2, 0.25) is 10.0 Å². The summed E-state index contributed by atoms with van der Waals surface area (Å²) >= 11 is 17.6. The Morgan fingerprint density at radius 2 is 1.71 bits per heavy atom. The fourth-order valence-corrected chi connectivity index (χ4v) is 6.69. The molecule has 282 valence electrons. The molecule has 0 saturated heterocycles. The van der Waals surface area contributed by atoms with Gasteiger partial charge in [-0.15, -0.1) is 0 Å². The first-order valence-electron chi connectivity index (χ1n) is 16.8. The van der Waals surface area contributed by atoms with Crippen molar-refractivity contribution in [2.75, 3.05) is 26.8 Å². The zero-order chi connectivity index (χ0) is 39.1. The van der Waals surface area contributed by atoms with E-state index in [1.54, 1.807) is 25.4 Å². The zero-order valence-corrected chi connectivity index (χ0v) is 32.7. The van der Waals surface area contributed by atoms with Crippen LogP contribution in [0.15, 0.2) is 82.5 Å². The van der Waals surface area contributed by atoms with E-state index < -0.39 is 18.1 Å². The smallest absolute Gasteiger partial charge is 0.326 e. The lowest BCUT2D eigenvalue weighted by atomic mass is 9.99. The average Bonchev–Trinajstić information content (AvgIpc) is 3.74. The lowest BCUT2D eigenvalue weighted by Gasteiger charge is -2.24. The molecular formula is C39H34BrCl2N7O6. The van der Waals surface area contributed by atoms with Gasteiger partial charge < -0.3 is 29.7 Å². The number of nitrogens with one attached hydrogen (secondary N) is 2. The van der Waals surface area contributed by atoms with Gasteiger partial charge in [-0.3, -0.25) is 20.1 Å². The number of methoxy groups -OCH3 is 1. The number of aliphatic carboxylic acids is 1. The number of hydrogen-bond donors (Lipinski definition) is 4. The van der Waals surface area contributed by atoms with Crippen molar-refractivity contribution in [1.29, 1.82) is 5.26 Å². The van der Waals surface area contributed by atoms with Gasteiger partial charge in [0.1, 0.15) is 30.7 Å². The van der Waals surface area contributed by atoms with Crippen LogP contribution in [0.25, 0.3) is 22.4 Å². The van der Waals surface area contributed by atoms with E-state index in [1.165, 1.54) is 13.1 Å². The first-order chi connectivity index (χ1) is 26.5. The number of hydrogen-bond acceptors (Lipinski definition) is 12. The number of aliphatic hydroxyl groups excluding tert-OH is 1. The lowest BCUT2D eigenvalue weighted by molar-refractivity contribution is -0.145. The molecule has 5 aromatic rings. The fourth-order valence-electron chi connectivity index (χ4n) is 5.60. The number of carboxylic acids is 1. The van der Waals surface area contributed by atoms with Crippen LogP contribution in [0.3, 0.4) is 0 Å². The number of amidine groups is 1. The number of pyridine rings is 3. The topological polar surface area (TPSA) is 184 Å². The number of aromatic nitrogens is 3. The Balaban J connectivity index is 1.26. The summed E-state index contributed by atoms with van der Waals surface area (Å²) in [5.74, 6) is 0.245. The van der Waals surface area contributed by atoms with Crippen LogP contribution < -0.4 is 24.8 Å². The molecule has 1 aliphatic rings. The number of carboxylic acid groups (broad SMARTS) is 1. The van der Waals surface area contributed by atoms with Crippen molar-refractivity contribution in [2.45, 2.75) is 32.2 Å². The highest BCUT2D eigenvalue weighted by Crippen LogP contribution is 2.41. The van der Waals surface area contributed by atoms with Crippen LogP contribution in [-0.4, -0.2) is 69.3 Å². The molecule has 0 aliphatic carbocycles. The molecule has 16 heteroatoms. The molecule has 55 heavy (non-hydrogen) atoms. The minimum absolute atomic E-state index is 0.00638. The van der Waals surface area contributed by atoms with E-state index in [4.69, 9.17) is 42.4 Å². The Morgan fingerprint density at radius 3 is 2.42 bits per heavy atom. The largest absolute Gasteiger partial charge is 0.480 e. The third kappa shape index (κ3) is 8.83. The molecular weight excluding hydrogens is 813 g/mol. The Kier molecular flexibility index (Phi) is 12.5. The molecule has 4 N–H and O–H groups in total. The van der Waals surface area contributed by atoms with Crippen LogP contribution >= 0.6 is 39.1 Å². The molecule has 0 unspecified atom stereocenters. The van der Waals surface area contributed by atoms with Gasteiger partial charge in [0.2, 0.25) is 17.6 Å². The van der Waals surface area contributed by atoms with Crippen molar-refractivity contribution in [3.8, 4) is 46.1 Å². The van der Waals surface area contributed by atoms with E-state index in [9.17, 15) is 20.3 Å². The summed E-state index contributed by atoms with van der Waals surface area (Å²) in [4.78, 5) is 29.7. The van der Waals surface area contributed by atoms with E-state index in [0.29, 0.717) is 71.6 Å². The molecule has 2 aromatic carbocycles. The van der Waals surface area contributed by atoms with Crippen molar-refractivity contribution in [2.24, 2.45) is 4.99 Å². The van der Waals surface area contributed by atoms with Crippen molar-refractivity contribution in [3.05, 3.63) is 115 Å². The summed E-state index contributed by atoms with van der Waals surface area (Å²) in [5.41, 5.74) is 3.93. The average molecular weight is 848 g/mol. The molecule has 0 amide bonds. The SMILES string of the molecule is COc1nc(-c2cccc(-c3cccc(COc4nc(OCc5cncc(C#N)c5)c(CN[C@@](C)(CO)C(=O)O)cc4Br)c3Cl)c2Cl)ccc1C1=NCCN1. The molecule has 0 saturated carbocycles. The fraction of sp³-hybridized carbons (Fsp3) is 0.231. The lowest BCUT2D eigenvalue weighted by Crippen LogP contribution is -2.52. The minimum atomic E-state index is -1.62. The number of aliphatic hydroxyl groups is 1. The second-order valence-electron chi connectivity index (χ2n) is 12.5. The third-order valence-corrected chi connectivity index (χ3v) is 10.2. The highest BCUT2D eigenvalue weighted by molar-refractivity contribution is 9.10. The maximum absolute atomic E-state index is 11.8. The molecule has 0 radical (unpaired) electrons. The Hall–Kier alpha value is -5.30. The number of aliphatic imine (C=N–C) groups is 1. The van der Waals surface area contributed by atoms with Crippen LogP contribution in [-0.2, 0) is 24.6 Å². The highest BCUT2D eigenvalue weighted by atomic mass is 79.9. The van der Waals surface area contributed by atoms with E-state index in [-0.39, 0.29) is 31.5 Å². The number of benzene rings is 2. The van der Waals surface area contributed by atoms with Gasteiger partial charge in [0, 0.05) is 58.9 Å². The first-order valence-corrected chi connectivity index (χ1v) is 18.4. The summed E-state index contributed by atoms with van der Waals surface area (Å²) in [6.45, 7) is 2.16. The van der Waals surface area contributed by atoms with Crippen molar-refractivity contribution in [3.63, 3.8) is 0 Å². The second kappa shape index (κ2) is 17.4. The van der Waals surface area contributed by atoms with Crippen LogP contribution in [0.1, 0.15) is 34.7 Å². The minimum Gasteiger partial charge on any atom is -0.480 e. The van der Waals surface area contributed by atoms with E-state index >= 15 is 0 Å². The molecule has 0 fully saturated rings. The first kappa shape index (κ1) is 39.4. The Bertz CT molecular complexity index is 2320. The predicted octanol–water partition coefficient (Wildman–Crippen LogP) is 6.59. The van der Waals surface area contributed by atoms with Gasteiger partial charge in [-0.25, -0.2) is 4.98 Å². The molecule has 3 aromatic heterocycles.